The molecule has 2 atom stereocenters. The Kier molecular flexibility index (Phi) is 8.76. The molecule has 0 aromatic heterocycles. The topological polar surface area (TPSA) is 49.4 Å². The molecule has 150 valence electrons. The van der Waals surface area contributed by atoms with Gasteiger partial charge >= 0.3 is 0 Å². The smallest absolute Gasteiger partial charge is 0.254 e. The number of amides is 2. The van der Waals surface area contributed by atoms with Crippen molar-refractivity contribution < 1.29 is 14.0 Å². The fourth-order valence-corrected chi connectivity index (χ4v) is 3.68. The SMILES string of the molecule is CCCCCCCCC(C)NC(=O)C1CCCN1C(=O)c1ccc(F)cc1. The first-order valence-corrected chi connectivity index (χ1v) is 10.4. The van der Waals surface area contributed by atoms with Crippen LogP contribution in [0.2, 0.25) is 0 Å². The number of hydrogen-bond acceptors (Lipinski definition) is 2. The van der Waals surface area contributed by atoms with Gasteiger partial charge in [-0.25, -0.2) is 4.39 Å². The van der Waals surface area contributed by atoms with Gasteiger partial charge in [-0.2, -0.15) is 0 Å². The van der Waals surface area contributed by atoms with Crippen LogP contribution in [-0.2, 0) is 4.79 Å². The second-order valence-corrected chi connectivity index (χ2v) is 7.63. The minimum atomic E-state index is -0.422. The molecule has 27 heavy (non-hydrogen) atoms. The fraction of sp³-hybridized carbons (Fsp3) is 0.636. The number of nitrogens with zero attached hydrogens (tertiary/aromatic N) is 1. The quantitative estimate of drug-likeness (QED) is 0.603. The number of rotatable bonds is 10. The first kappa shape index (κ1) is 21.4. The van der Waals surface area contributed by atoms with E-state index in [0.29, 0.717) is 18.5 Å². The van der Waals surface area contributed by atoms with E-state index in [2.05, 4.69) is 12.2 Å². The molecular formula is C22H33FN2O2. The number of benzene rings is 1. The molecule has 4 nitrogen and oxygen atoms in total. The lowest BCUT2D eigenvalue weighted by Gasteiger charge is -2.25. The Morgan fingerprint density at radius 1 is 1.15 bits per heavy atom. The third-order valence-corrected chi connectivity index (χ3v) is 5.29. The molecule has 0 aliphatic carbocycles. The summed E-state index contributed by atoms with van der Waals surface area (Å²) in [7, 11) is 0. The van der Waals surface area contributed by atoms with E-state index >= 15 is 0 Å². The second kappa shape index (κ2) is 11.1. The molecule has 1 aromatic carbocycles. The summed E-state index contributed by atoms with van der Waals surface area (Å²) < 4.78 is 13.1. The van der Waals surface area contributed by atoms with E-state index in [1.165, 1.54) is 56.4 Å². The fourth-order valence-electron chi connectivity index (χ4n) is 3.68. The second-order valence-electron chi connectivity index (χ2n) is 7.63. The Labute approximate surface area is 162 Å². The Hall–Kier alpha value is -1.91. The average molecular weight is 377 g/mol. The van der Waals surface area contributed by atoms with Crippen LogP contribution < -0.4 is 5.32 Å². The molecular weight excluding hydrogens is 343 g/mol. The summed E-state index contributed by atoms with van der Waals surface area (Å²) in [4.78, 5) is 27.0. The lowest BCUT2D eigenvalue weighted by molar-refractivity contribution is -0.125. The Morgan fingerprint density at radius 3 is 2.52 bits per heavy atom. The molecule has 2 unspecified atom stereocenters. The van der Waals surface area contributed by atoms with E-state index in [-0.39, 0.29) is 23.7 Å². The van der Waals surface area contributed by atoms with E-state index in [1.807, 2.05) is 6.92 Å². The predicted octanol–water partition coefficient (Wildman–Crippen LogP) is 4.69. The summed E-state index contributed by atoms with van der Waals surface area (Å²) in [5, 5.41) is 3.08. The van der Waals surface area contributed by atoms with Crippen LogP contribution in [0.5, 0.6) is 0 Å². The number of hydrogen-bond donors (Lipinski definition) is 1. The lowest BCUT2D eigenvalue weighted by Crippen LogP contribution is -2.48. The molecule has 0 radical (unpaired) electrons. The van der Waals surface area contributed by atoms with Gasteiger partial charge in [0.25, 0.3) is 5.91 Å². The number of carbonyl (C=O) groups is 2. The maximum absolute atomic E-state index is 13.1. The molecule has 0 spiro atoms. The van der Waals surface area contributed by atoms with Crippen molar-refractivity contribution in [3.63, 3.8) is 0 Å². The molecule has 0 saturated carbocycles. The highest BCUT2D eigenvalue weighted by molar-refractivity contribution is 5.98. The maximum Gasteiger partial charge on any atom is 0.254 e. The normalized spacial score (nSPS) is 17.7. The number of carbonyl (C=O) groups excluding carboxylic acids is 2. The summed E-state index contributed by atoms with van der Waals surface area (Å²) in [6.07, 6.45) is 9.90. The van der Waals surface area contributed by atoms with Crippen LogP contribution in [0.25, 0.3) is 0 Å². The molecule has 2 amide bonds. The van der Waals surface area contributed by atoms with Crippen molar-refractivity contribution in [2.45, 2.75) is 83.7 Å². The van der Waals surface area contributed by atoms with Gasteiger partial charge in [0, 0.05) is 18.2 Å². The average Bonchev–Trinajstić information content (AvgIpc) is 3.14. The van der Waals surface area contributed by atoms with Gasteiger partial charge in [0.2, 0.25) is 5.91 Å². The standard InChI is InChI=1S/C22H33FN2O2/c1-3-4-5-6-7-8-10-17(2)24-21(26)20-11-9-16-25(20)22(27)18-12-14-19(23)15-13-18/h12-15,17,20H,3-11,16H2,1-2H3,(H,24,26). The van der Waals surface area contributed by atoms with E-state index in [9.17, 15) is 14.0 Å². The van der Waals surface area contributed by atoms with Crippen molar-refractivity contribution in [3.05, 3.63) is 35.6 Å². The van der Waals surface area contributed by atoms with Gasteiger partial charge < -0.3 is 10.2 Å². The molecule has 1 aliphatic rings. The molecule has 1 saturated heterocycles. The van der Waals surface area contributed by atoms with Gasteiger partial charge in [0.1, 0.15) is 11.9 Å². The third kappa shape index (κ3) is 6.64. The van der Waals surface area contributed by atoms with E-state index < -0.39 is 6.04 Å². The van der Waals surface area contributed by atoms with Crippen LogP contribution >= 0.6 is 0 Å². The number of unbranched alkanes of at least 4 members (excludes halogenated alkanes) is 5. The van der Waals surface area contributed by atoms with Crippen molar-refractivity contribution in [2.75, 3.05) is 6.54 Å². The van der Waals surface area contributed by atoms with E-state index in [0.717, 1.165) is 19.3 Å². The van der Waals surface area contributed by atoms with Gasteiger partial charge in [-0.1, -0.05) is 45.4 Å². The van der Waals surface area contributed by atoms with Gasteiger partial charge in [-0.15, -0.1) is 0 Å². The van der Waals surface area contributed by atoms with Crippen molar-refractivity contribution in [2.24, 2.45) is 0 Å². The summed E-state index contributed by atoms with van der Waals surface area (Å²) in [6.45, 7) is 4.82. The van der Waals surface area contributed by atoms with Crippen molar-refractivity contribution >= 4 is 11.8 Å². The van der Waals surface area contributed by atoms with Crippen LogP contribution in [0.4, 0.5) is 4.39 Å². The first-order chi connectivity index (χ1) is 13.0. The number of nitrogens with one attached hydrogen (secondary N) is 1. The molecule has 5 heteroatoms. The maximum atomic E-state index is 13.1. The summed E-state index contributed by atoms with van der Waals surface area (Å²) in [5.74, 6) is -0.636. The zero-order valence-corrected chi connectivity index (χ0v) is 16.7. The highest BCUT2D eigenvalue weighted by atomic mass is 19.1. The Morgan fingerprint density at radius 2 is 1.81 bits per heavy atom. The molecule has 1 heterocycles. The van der Waals surface area contributed by atoms with Gasteiger partial charge in [0.05, 0.1) is 0 Å². The largest absolute Gasteiger partial charge is 0.352 e. The predicted molar refractivity (Wildman–Crippen MR) is 106 cm³/mol. The van der Waals surface area contributed by atoms with Crippen LogP contribution in [0.3, 0.4) is 0 Å². The third-order valence-electron chi connectivity index (χ3n) is 5.29. The van der Waals surface area contributed by atoms with Crippen LogP contribution in [-0.4, -0.2) is 35.3 Å². The highest BCUT2D eigenvalue weighted by Gasteiger charge is 2.34. The molecule has 1 aliphatic heterocycles. The first-order valence-electron chi connectivity index (χ1n) is 10.4. The lowest BCUT2D eigenvalue weighted by atomic mass is 10.1. The van der Waals surface area contributed by atoms with E-state index in [4.69, 9.17) is 0 Å². The molecule has 1 fully saturated rings. The molecule has 0 bridgehead atoms. The summed E-state index contributed by atoms with van der Waals surface area (Å²) in [6, 6.07) is 5.21. The molecule has 1 aromatic rings. The van der Waals surface area contributed by atoms with Gasteiger partial charge in [0.15, 0.2) is 0 Å². The van der Waals surface area contributed by atoms with Gasteiger partial charge in [-0.05, 0) is 50.5 Å². The molecule has 1 N–H and O–H groups in total. The van der Waals surface area contributed by atoms with Crippen LogP contribution in [0, 0.1) is 5.82 Å². The number of likely N-dealkylation sites (tertiary alicyclic amines) is 1. The minimum absolute atomic E-state index is 0.0681. The molecule has 2 rings (SSSR count). The highest BCUT2D eigenvalue weighted by Crippen LogP contribution is 2.21. The Bertz CT molecular complexity index is 603. The zero-order valence-electron chi connectivity index (χ0n) is 16.7. The monoisotopic (exact) mass is 376 g/mol. The van der Waals surface area contributed by atoms with Crippen molar-refractivity contribution in [1.29, 1.82) is 0 Å². The minimum Gasteiger partial charge on any atom is -0.352 e. The van der Waals surface area contributed by atoms with Crippen molar-refractivity contribution in [1.82, 2.24) is 10.2 Å². The number of halogens is 1. The zero-order chi connectivity index (χ0) is 19.6. The van der Waals surface area contributed by atoms with E-state index in [1.54, 1.807) is 4.90 Å². The van der Waals surface area contributed by atoms with Crippen molar-refractivity contribution in [3.8, 4) is 0 Å². The van der Waals surface area contributed by atoms with Crippen LogP contribution in [0.15, 0.2) is 24.3 Å². The summed E-state index contributed by atoms with van der Waals surface area (Å²) >= 11 is 0. The Balaban J connectivity index is 1.80. The summed E-state index contributed by atoms with van der Waals surface area (Å²) in [5.41, 5.74) is 0.427. The van der Waals surface area contributed by atoms with Gasteiger partial charge in [-0.3, -0.25) is 9.59 Å². The van der Waals surface area contributed by atoms with Crippen LogP contribution in [0.1, 0.15) is 82.0 Å².